The fraction of sp³-hybridized carbons (Fsp3) is 0.316. The molecule has 1 amide bonds. The van der Waals surface area contributed by atoms with E-state index in [1.54, 1.807) is 0 Å². The maximum absolute atomic E-state index is 12.4. The summed E-state index contributed by atoms with van der Waals surface area (Å²) in [5.74, 6) is -0.0447. The van der Waals surface area contributed by atoms with Gasteiger partial charge in [0.15, 0.2) is 0 Å². The van der Waals surface area contributed by atoms with Crippen LogP contribution in [0.3, 0.4) is 0 Å². The number of nitrogens with zero attached hydrogens (tertiary/aromatic N) is 1. The molecule has 0 radical (unpaired) electrons. The Morgan fingerprint density at radius 1 is 1.08 bits per heavy atom. The van der Waals surface area contributed by atoms with Gasteiger partial charge in [-0.25, -0.2) is 0 Å². The third-order valence-corrected chi connectivity index (χ3v) is 4.76. The molecule has 1 N–H and O–H groups in total. The largest absolute Gasteiger partial charge is 0.379 e. The molecule has 2 aromatic rings. The Kier molecular flexibility index (Phi) is 6.01. The van der Waals surface area contributed by atoms with Gasteiger partial charge in [0.25, 0.3) is 5.91 Å². The summed E-state index contributed by atoms with van der Waals surface area (Å²) in [5.41, 5.74) is 1.89. The number of halogens is 1. The molecule has 3 rings (SSSR count). The number of rotatable bonds is 5. The molecule has 0 spiro atoms. The van der Waals surface area contributed by atoms with Crippen molar-refractivity contribution in [1.29, 1.82) is 0 Å². The average Bonchev–Trinajstić information content (AvgIpc) is 2.64. The number of amides is 1. The molecule has 0 bridgehead atoms. The van der Waals surface area contributed by atoms with Crippen molar-refractivity contribution in [1.82, 2.24) is 10.2 Å². The van der Waals surface area contributed by atoms with Gasteiger partial charge in [0.05, 0.1) is 19.3 Å². The van der Waals surface area contributed by atoms with Gasteiger partial charge < -0.3 is 10.1 Å². The number of carbonyl (C=O) groups excluding carboxylic acids is 1. The first-order chi connectivity index (χ1) is 11.7. The van der Waals surface area contributed by atoms with E-state index in [1.807, 2.05) is 42.5 Å². The van der Waals surface area contributed by atoms with Gasteiger partial charge in [-0.1, -0.05) is 46.3 Å². The second kappa shape index (κ2) is 8.42. The molecule has 1 aliphatic rings. The van der Waals surface area contributed by atoms with Gasteiger partial charge in [-0.3, -0.25) is 9.69 Å². The lowest BCUT2D eigenvalue weighted by Crippen LogP contribution is -2.43. The topological polar surface area (TPSA) is 41.6 Å². The van der Waals surface area contributed by atoms with Crippen molar-refractivity contribution in [2.24, 2.45) is 0 Å². The second-order valence-corrected chi connectivity index (χ2v) is 6.71. The minimum atomic E-state index is -0.0447. The molecule has 1 fully saturated rings. The highest BCUT2D eigenvalue weighted by Crippen LogP contribution is 2.21. The Labute approximate surface area is 150 Å². The van der Waals surface area contributed by atoms with E-state index in [0.717, 1.165) is 30.8 Å². The standard InChI is InChI=1S/C19H21BrN2O2/c20-17-8-6-16(7-9-17)19(23)21-14-18(15-4-2-1-3-5-15)22-10-12-24-13-11-22/h1-9,18H,10-14H2,(H,21,23). The zero-order chi connectivity index (χ0) is 16.8. The van der Waals surface area contributed by atoms with Crippen LogP contribution in [0.1, 0.15) is 22.0 Å². The minimum Gasteiger partial charge on any atom is -0.379 e. The molecule has 1 saturated heterocycles. The summed E-state index contributed by atoms with van der Waals surface area (Å²) in [4.78, 5) is 14.8. The highest BCUT2D eigenvalue weighted by Gasteiger charge is 2.23. The van der Waals surface area contributed by atoms with E-state index in [4.69, 9.17) is 4.74 Å². The molecule has 1 unspecified atom stereocenters. The van der Waals surface area contributed by atoms with Crippen molar-refractivity contribution in [3.63, 3.8) is 0 Å². The van der Waals surface area contributed by atoms with Gasteiger partial charge in [0.1, 0.15) is 0 Å². The fourth-order valence-electron chi connectivity index (χ4n) is 2.91. The first-order valence-electron chi connectivity index (χ1n) is 8.14. The zero-order valence-corrected chi connectivity index (χ0v) is 15.0. The molecular weight excluding hydrogens is 368 g/mol. The molecule has 0 aliphatic carbocycles. The number of ether oxygens (including phenoxy) is 1. The van der Waals surface area contributed by atoms with Gasteiger partial charge in [-0.2, -0.15) is 0 Å². The Morgan fingerprint density at radius 3 is 2.42 bits per heavy atom. The van der Waals surface area contributed by atoms with Crippen LogP contribution in [0.25, 0.3) is 0 Å². The molecular formula is C19H21BrN2O2. The number of benzene rings is 2. The maximum Gasteiger partial charge on any atom is 0.251 e. The van der Waals surface area contributed by atoms with E-state index in [9.17, 15) is 4.79 Å². The smallest absolute Gasteiger partial charge is 0.251 e. The Morgan fingerprint density at radius 2 is 1.75 bits per heavy atom. The summed E-state index contributed by atoms with van der Waals surface area (Å²) in [6.45, 7) is 3.83. The fourth-order valence-corrected chi connectivity index (χ4v) is 3.18. The maximum atomic E-state index is 12.4. The molecule has 24 heavy (non-hydrogen) atoms. The minimum absolute atomic E-state index is 0.0447. The van der Waals surface area contributed by atoms with E-state index in [-0.39, 0.29) is 11.9 Å². The van der Waals surface area contributed by atoms with Crippen molar-refractivity contribution in [3.05, 3.63) is 70.2 Å². The van der Waals surface area contributed by atoms with Crippen molar-refractivity contribution in [2.75, 3.05) is 32.8 Å². The summed E-state index contributed by atoms with van der Waals surface area (Å²) in [6.07, 6.45) is 0. The molecule has 0 aromatic heterocycles. The number of carbonyl (C=O) groups is 1. The van der Waals surface area contributed by atoms with Crippen LogP contribution >= 0.6 is 15.9 Å². The van der Waals surface area contributed by atoms with E-state index in [1.165, 1.54) is 5.56 Å². The summed E-state index contributed by atoms with van der Waals surface area (Å²) >= 11 is 3.39. The van der Waals surface area contributed by atoms with E-state index < -0.39 is 0 Å². The van der Waals surface area contributed by atoms with Crippen LogP contribution in [-0.4, -0.2) is 43.7 Å². The summed E-state index contributed by atoms with van der Waals surface area (Å²) in [5, 5.41) is 3.08. The molecule has 4 nitrogen and oxygen atoms in total. The number of morpholine rings is 1. The monoisotopic (exact) mass is 388 g/mol. The number of nitrogens with one attached hydrogen (secondary N) is 1. The molecule has 126 valence electrons. The summed E-state index contributed by atoms with van der Waals surface area (Å²) < 4.78 is 6.43. The van der Waals surface area contributed by atoms with Gasteiger partial charge >= 0.3 is 0 Å². The van der Waals surface area contributed by atoms with Crippen LogP contribution in [0.4, 0.5) is 0 Å². The van der Waals surface area contributed by atoms with Crippen molar-refractivity contribution < 1.29 is 9.53 Å². The average molecular weight is 389 g/mol. The lowest BCUT2D eigenvalue weighted by Gasteiger charge is -2.35. The first-order valence-corrected chi connectivity index (χ1v) is 8.94. The van der Waals surface area contributed by atoms with E-state index in [2.05, 4.69) is 38.3 Å². The Balaban J connectivity index is 1.69. The third kappa shape index (κ3) is 4.44. The second-order valence-electron chi connectivity index (χ2n) is 5.79. The van der Waals surface area contributed by atoms with Crippen molar-refractivity contribution in [2.45, 2.75) is 6.04 Å². The van der Waals surface area contributed by atoms with Gasteiger partial charge in [-0.05, 0) is 29.8 Å². The zero-order valence-electron chi connectivity index (χ0n) is 13.5. The van der Waals surface area contributed by atoms with Crippen LogP contribution in [0.15, 0.2) is 59.1 Å². The summed E-state index contributed by atoms with van der Waals surface area (Å²) in [6, 6.07) is 17.9. The van der Waals surface area contributed by atoms with Crippen molar-refractivity contribution >= 4 is 21.8 Å². The predicted octanol–water partition coefficient (Wildman–Crippen LogP) is 3.25. The molecule has 5 heteroatoms. The van der Waals surface area contributed by atoms with Crippen LogP contribution in [-0.2, 0) is 4.74 Å². The predicted molar refractivity (Wildman–Crippen MR) is 98.1 cm³/mol. The lowest BCUT2D eigenvalue weighted by molar-refractivity contribution is 0.0162. The van der Waals surface area contributed by atoms with Crippen LogP contribution in [0, 0.1) is 0 Å². The Hall–Kier alpha value is -1.69. The quantitative estimate of drug-likeness (QED) is 0.854. The number of hydrogen-bond donors (Lipinski definition) is 1. The van der Waals surface area contributed by atoms with Crippen LogP contribution < -0.4 is 5.32 Å². The normalized spacial score (nSPS) is 16.5. The highest BCUT2D eigenvalue weighted by molar-refractivity contribution is 9.10. The summed E-state index contributed by atoms with van der Waals surface area (Å²) in [7, 11) is 0. The first kappa shape index (κ1) is 17.1. The molecule has 0 saturated carbocycles. The molecule has 1 atom stereocenters. The van der Waals surface area contributed by atoms with Crippen LogP contribution in [0.5, 0.6) is 0 Å². The third-order valence-electron chi connectivity index (χ3n) is 4.23. The van der Waals surface area contributed by atoms with Crippen molar-refractivity contribution in [3.8, 4) is 0 Å². The number of hydrogen-bond acceptors (Lipinski definition) is 3. The van der Waals surface area contributed by atoms with Gasteiger partial charge in [-0.15, -0.1) is 0 Å². The Bertz CT molecular complexity index is 655. The highest BCUT2D eigenvalue weighted by atomic mass is 79.9. The SMILES string of the molecule is O=C(NCC(c1ccccc1)N1CCOCC1)c1ccc(Br)cc1. The van der Waals surface area contributed by atoms with Crippen LogP contribution in [0.2, 0.25) is 0 Å². The molecule has 1 heterocycles. The molecule has 1 aliphatic heterocycles. The molecule has 2 aromatic carbocycles. The van der Waals surface area contributed by atoms with E-state index >= 15 is 0 Å². The van der Waals surface area contributed by atoms with Gasteiger partial charge in [0.2, 0.25) is 0 Å². The van der Waals surface area contributed by atoms with Gasteiger partial charge in [0, 0.05) is 29.7 Å². The van der Waals surface area contributed by atoms with E-state index in [0.29, 0.717) is 12.1 Å². The lowest BCUT2D eigenvalue weighted by atomic mass is 10.0.